The van der Waals surface area contributed by atoms with Crippen LogP contribution >= 0.6 is 0 Å². The third-order valence-corrected chi connectivity index (χ3v) is 6.31. The molecule has 4 rings (SSSR count). The Morgan fingerprint density at radius 1 is 1.06 bits per heavy atom. The van der Waals surface area contributed by atoms with Crippen LogP contribution in [0.15, 0.2) is 102 Å². The topological polar surface area (TPSA) is 96.3 Å². The smallest absolute Gasteiger partial charge is 0.304 e. The number of ether oxygens (including phenoxy) is 1. The molecule has 0 saturated carbocycles. The van der Waals surface area contributed by atoms with Crippen molar-refractivity contribution in [3.63, 3.8) is 0 Å². The molecule has 5 heteroatoms. The van der Waals surface area contributed by atoms with Crippen LogP contribution in [0, 0.1) is 11.3 Å². The predicted molar refractivity (Wildman–Crippen MR) is 132 cm³/mol. The number of hydrogen-bond acceptors (Lipinski definition) is 4. The maximum atomic E-state index is 12.1. The number of allylic oxidation sites excluding steroid dienone is 4. The standard InChI is InChI=1S/C29H26N2O3/c1-34-22-14-12-21(13-15-22)28-25(18-30)26(31)16-23(19-8-4-2-5-9-19)29(28)24(17-27(32)33)20-10-6-3-7-11-20/h2-15,23-24H,16-17,31H2,1H3,(H,32,33)/t23-,24-/m1/s1. The number of rotatable bonds is 7. The highest BCUT2D eigenvalue weighted by molar-refractivity contribution is 5.89. The van der Waals surface area contributed by atoms with Crippen molar-refractivity contribution in [2.75, 3.05) is 7.11 Å². The lowest BCUT2D eigenvalue weighted by Gasteiger charge is -2.34. The van der Waals surface area contributed by atoms with E-state index in [0.717, 1.165) is 22.3 Å². The van der Waals surface area contributed by atoms with Crippen LogP contribution in [0.1, 0.15) is 41.4 Å². The van der Waals surface area contributed by atoms with E-state index in [1.807, 2.05) is 84.9 Å². The molecule has 1 aliphatic carbocycles. The maximum Gasteiger partial charge on any atom is 0.304 e. The monoisotopic (exact) mass is 450 g/mol. The summed E-state index contributed by atoms with van der Waals surface area (Å²) in [7, 11) is 1.60. The second kappa shape index (κ2) is 10.1. The number of aliphatic carboxylic acids is 1. The second-order valence-electron chi connectivity index (χ2n) is 8.30. The van der Waals surface area contributed by atoms with Gasteiger partial charge < -0.3 is 15.6 Å². The van der Waals surface area contributed by atoms with Gasteiger partial charge in [-0.3, -0.25) is 4.79 Å². The van der Waals surface area contributed by atoms with Gasteiger partial charge in [-0.1, -0.05) is 72.8 Å². The van der Waals surface area contributed by atoms with Gasteiger partial charge in [-0.05, 0) is 40.8 Å². The van der Waals surface area contributed by atoms with Crippen LogP contribution in [0.5, 0.6) is 5.75 Å². The third-order valence-electron chi connectivity index (χ3n) is 6.31. The van der Waals surface area contributed by atoms with Crippen molar-refractivity contribution in [1.29, 1.82) is 5.26 Å². The number of carboxylic acids is 1. The first kappa shape index (κ1) is 22.9. The van der Waals surface area contributed by atoms with Crippen LogP contribution in [0.2, 0.25) is 0 Å². The minimum absolute atomic E-state index is 0.0963. The molecule has 0 aromatic heterocycles. The molecule has 0 aliphatic heterocycles. The van der Waals surface area contributed by atoms with E-state index in [2.05, 4.69) is 6.07 Å². The highest BCUT2D eigenvalue weighted by atomic mass is 16.5. The van der Waals surface area contributed by atoms with E-state index in [9.17, 15) is 15.2 Å². The Balaban J connectivity index is 2.06. The summed E-state index contributed by atoms with van der Waals surface area (Å²) in [5.74, 6) is -0.803. The molecule has 0 saturated heterocycles. The van der Waals surface area contributed by atoms with Crippen molar-refractivity contribution < 1.29 is 14.6 Å². The second-order valence-corrected chi connectivity index (χ2v) is 8.30. The molecule has 5 nitrogen and oxygen atoms in total. The Morgan fingerprint density at radius 2 is 1.68 bits per heavy atom. The Hall–Kier alpha value is -4.30. The molecule has 170 valence electrons. The molecule has 2 atom stereocenters. The lowest BCUT2D eigenvalue weighted by Crippen LogP contribution is -2.23. The zero-order valence-corrected chi connectivity index (χ0v) is 18.9. The summed E-state index contributed by atoms with van der Waals surface area (Å²) in [5.41, 5.74) is 11.7. The first-order valence-corrected chi connectivity index (χ1v) is 11.1. The Labute approximate surface area is 199 Å². The molecule has 0 amide bonds. The van der Waals surface area contributed by atoms with Crippen molar-refractivity contribution in [3.8, 4) is 11.8 Å². The van der Waals surface area contributed by atoms with Gasteiger partial charge >= 0.3 is 5.97 Å². The average molecular weight is 451 g/mol. The molecular formula is C29H26N2O3. The Bertz CT molecular complexity index is 1270. The molecule has 0 bridgehead atoms. The molecule has 0 radical (unpaired) electrons. The lowest BCUT2D eigenvalue weighted by molar-refractivity contribution is -0.137. The van der Waals surface area contributed by atoms with Gasteiger partial charge in [0.2, 0.25) is 0 Å². The minimum atomic E-state index is -0.900. The normalized spacial score (nSPS) is 16.6. The number of benzene rings is 3. The number of carboxylic acid groups (broad SMARTS) is 1. The SMILES string of the molecule is COc1ccc(C2=C([C@H](CC(=O)O)c3ccccc3)[C@@H](c3ccccc3)CC(N)=C2C#N)cc1. The van der Waals surface area contributed by atoms with Crippen molar-refractivity contribution >= 4 is 11.5 Å². The summed E-state index contributed by atoms with van der Waals surface area (Å²) in [5, 5.41) is 20.0. The number of carbonyl (C=O) groups is 1. The number of nitrogens with two attached hydrogens (primary N) is 1. The molecule has 0 unspecified atom stereocenters. The molecular weight excluding hydrogens is 424 g/mol. The molecule has 3 N–H and O–H groups in total. The first-order valence-electron chi connectivity index (χ1n) is 11.1. The number of methoxy groups -OCH3 is 1. The Morgan fingerprint density at radius 3 is 2.24 bits per heavy atom. The van der Waals surface area contributed by atoms with E-state index in [4.69, 9.17) is 10.5 Å². The van der Waals surface area contributed by atoms with Crippen LogP contribution in [-0.2, 0) is 4.79 Å². The summed E-state index contributed by atoms with van der Waals surface area (Å²) in [6.07, 6.45) is 0.353. The van der Waals surface area contributed by atoms with Crippen molar-refractivity contribution in [2.24, 2.45) is 5.73 Å². The molecule has 3 aromatic rings. The highest BCUT2D eigenvalue weighted by Gasteiger charge is 2.36. The molecule has 1 aliphatic rings. The van der Waals surface area contributed by atoms with Crippen molar-refractivity contribution in [3.05, 3.63) is 118 Å². The maximum absolute atomic E-state index is 12.1. The van der Waals surface area contributed by atoms with Gasteiger partial charge in [0.05, 0.1) is 19.1 Å². The van der Waals surface area contributed by atoms with Crippen LogP contribution in [0.4, 0.5) is 0 Å². The summed E-state index contributed by atoms with van der Waals surface area (Å²) < 4.78 is 5.32. The van der Waals surface area contributed by atoms with E-state index >= 15 is 0 Å². The summed E-state index contributed by atoms with van der Waals surface area (Å²) in [6.45, 7) is 0. The number of nitriles is 1. The van der Waals surface area contributed by atoms with E-state index in [1.165, 1.54) is 0 Å². The van der Waals surface area contributed by atoms with Crippen LogP contribution in [-0.4, -0.2) is 18.2 Å². The van der Waals surface area contributed by atoms with Crippen LogP contribution in [0.25, 0.3) is 5.57 Å². The van der Waals surface area contributed by atoms with E-state index in [-0.39, 0.29) is 12.3 Å². The largest absolute Gasteiger partial charge is 0.497 e. The molecule has 0 spiro atoms. The van der Waals surface area contributed by atoms with Crippen molar-refractivity contribution in [2.45, 2.75) is 24.7 Å². The number of nitrogens with zero attached hydrogens (tertiary/aromatic N) is 1. The lowest BCUT2D eigenvalue weighted by atomic mass is 9.69. The zero-order valence-electron chi connectivity index (χ0n) is 18.9. The van der Waals surface area contributed by atoms with Crippen LogP contribution in [0.3, 0.4) is 0 Å². The van der Waals surface area contributed by atoms with Gasteiger partial charge in [0, 0.05) is 23.1 Å². The molecule has 0 fully saturated rings. The van der Waals surface area contributed by atoms with Crippen molar-refractivity contribution in [1.82, 2.24) is 0 Å². The van der Waals surface area contributed by atoms with Gasteiger partial charge in [-0.25, -0.2) is 0 Å². The van der Waals surface area contributed by atoms with Gasteiger partial charge in [-0.2, -0.15) is 5.26 Å². The molecule has 34 heavy (non-hydrogen) atoms. The van der Waals surface area contributed by atoms with Gasteiger partial charge in [-0.15, -0.1) is 0 Å². The van der Waals surface area contributed by atoms with Gasteiger partial charge in [0.15, 0.2) is 0 Å². The molecule has 0 heterocycles. The van der Waals surface area contributed by atoms with E-state index in [1.54, 1.807) is 7.11 Å². The first-order chi connectivity index (χ1) is 16.5. The summed E-state index contributed by atoms with van der Waals surface area (Å²) >= 11 is 0. The highest BCUT2D eigenvalue weighted by Crippen LogP contribution is 2.50. The zero-order chi connectivity index (χ0) is 24.1. The third kappa shape index (κ3) is 4.57. The van der Waals surface area contributed by atoms with Gasteiger partial charge in [0.25, 0.3) is 0 Å². The van der Waals surface area contributed by atoms with Crippen LogP contribution < -0.4 is 10.5 Å². The average Bonchev–Trinajstić information content (AvgIpc) is 2.88. The Kier molecular flexibility index (Phi) is 6.79. The summed E-state index contributed by atoms with van der Waals surface area (Å²) in [4.78, 5) is 12.1. The quantitative estimate of drug-likeness (QED) is 0.486. The minimum Gasteiger partial charge on any atom is -0.497 e. The van der Waals surface area contributed by atoms with E-state index in [0.29, 0.717) is 29.0 Å². The van der Waals surface area contributed by atoms with Gasteiger partial charge in [0.1, 0.15) is 11.8 Å². The van der Waals surface area contributed by atoms with E-state index < -0.39 is 11.9 Å². The number of hydrogen-bond donors (Lipinski definition) is 2. The fourth-order valence-electron chi connectivity index (χ4n) is 4.77. The molecule has 3 aromatic carbocycles. The fraction of sp³-hybridized carbons (Fsp3) is 0.172. The summed E-state index contributed by atoms with van der Waals surface area (Å²) in [6, 6.07) is 29.4. The fourth-order valence-corrected chi connectivity index (χ4v) is 4.77. The predicted octanol–water partition coefficient (Wildman–Crippen LogP) is 5.63.